The second kappa shape index (κ2) is 6.55. The smallest absolute Gasteiger partial charge is 0.338 e. The molecule has 7 nitrogen and oxygen atoms in total. The first-order valence-corrected chi connectivity index (χ1v) is 8.62. The summed E-state index contributed by atoms with van der Waals surface area (Å²) in [4.78, 5) is 26.9. The number of ether oxygens (including phenoxy) is 2. The molecule has 3 heterocycles. The molecule has 2 saturated heterocycles. The Hall–Kier alpha value is -1.70. The lowest BCUT2D eigenvalue weighted by molar-refractivity contribution is -0.169. The number of allylic oxidation sites excluding steroid dienone is 1. The van der Waals surface area contributed by atoms with E-state index in [2.05, 4.69) is 0 Å². The Morgan fingerprint density at radius 1 is 1.40 bits per heavy atom. The Bertz CT molecular complexity index is 637. The number of rotatable bonds is 0. The van der Waals surface area contributed by atoms with Crippen molar-refractivity contribution >= 4 is 11.9 Å². The molecule has 0 aromatic heterocycles. The number of esters is 2. The van der Waals surface area contributed by atoms with Crippen LogP contribution in [0.5, 0.6) is 0 Å². The monoisotopic (exact) mass is 351 g/mol. The Morgan fingerprint density at radius 2 is 2.12 bits per heavy atom. The molecular formula is C18H25NO6. The number of hydrogen-bond donors (Lipinski definition) is 2. The van der Waals surface area contributed by atoms with Crippen LogP contribution in [-0.4, -0.2) is 70.6 Å². The van der Waals surface area contributed by atoms with E-state index in [0.29, 0.717) is 18.7 Å². The molecule has 0 aromatic rings. The topological polar surface area (TPSA) is 96.3 Å². The lowest BCUT2D eigenvalue weighted by Crippen LogP contribution is -2.45. The summed E-state index contributed by atoms with van der Waals surface area (Å²) in [5.74, 6) is -1.76. The zero-order valence-corrected chi connectivity index (χ0v) is 14.8. The van der Waals surface area contributed by atoms with Gasteiger partial charge in [0.2, 0.25) is 0 Å². The van der Waals surface area contributed by atoms with Crippen molar-refractivity contribution in [2.75, 3.05) is 19.7 Å². The molecule has 3 aliphatic heterocycles. The molecule has 25 heavy (non-hydrogen) atoms. The fourth-order valence-corrected chi connectivity index (χ4v) is 3.70. The van der Waals surface area contributed by atoms with Crippen LogP contribution in [0.2, 0.25) is 0 Å². The standard InChI is InChI=1S/C18H25NO6/c1-4-11-7-10(2)18(3,23)17(22)24-9-12-5-6-19-8-13(20)15(14(12)19)25-16(11)21/h4-5,10,13-15,20,23H,6-9H2,1-3H3/b11-4-/t10-,13+,14+,15-,18-/m0/s1. The van der Waals surface area contributed by atoms with E-state index >= 15 is 0 Å². The van der Waals surface area contributed by atoms with Gasteiger partial charge in [-0.2, -0.15) is 0 Å². The third-order valence-corrected chi connectivity index (χ3v) is 5.60. The van der Waals surface area contributed by atoms with Gasteiger partial charge >= 0.3 is 11.9 Å². The SMILES string of the molecule is C/C=C1/C[C@H](C)[C@](C)(O)C(=O)OCC2=CCN3C[C@@H](O)[C@H](OC1=O)[C@@H]23. The van der Waals surface area contributed by atoms with Crippen molar-refractivity contribution in [2.45, 2.75) is 51.0 Å². The molecule has 138 valence electrons. The molecule has 3 aliphatic rings. The number of hydrogen-bond acceptors (Lipinski definition) is 7. The van der Waals surface area contributed by atoms with Gasteiger partial charge in [0.15, 0.2) is 5.60 Å². The van der Waals surface area contributed by atoms with Gasteiger partial charge < -0.3 is 19.7 Å². The zero-order valence-electron chi connectivity index (χ0n) is 14.8. The Morgan fingerprint density at radius 3 is 2.80 bits per heavy atom. The molecule has 0 bridgehead atoms. The highest BCUT2D eigenvalue weighted by Gasteiger charge is 2.49. The van der Waals surface area contributed by atoms with Gasteiger partial charge in [-0.05, 0) is 31.8 Å². The summed E-state index contributed by atoms with van der Waals surface area (Å²) in [5.41, 5.74) is -0.551. The summed E-state index contributed by atoms with van der Waals surface area (Å²) in [5, 5.41) is 20.9. The molecule has 0 radical (unpaired) electrons. The fourth-order valence-electron chi connectivity index (χ4n) is 3.70. The minimum atomic E-state index is -1.71. The molecule has 2 N–H and O–H groups in total. The molecule has 0 aliphatic carbocycles. The van der Waals surface area contributed by atoms with Crippen molar-refractivity contribution in [2.24, 2.45) is 5.92 Å². The van der Waals surface area contributed by atoms with Crippen LogP contribution in [0.1, 0.15) is 27.2 Å². The van der Waals surface area contributed by atoms with Crippen molar-refractivity contribution < 1.29 is 29.3 Å². The number of carbonyl (C=O) groups excluding carboxylic acids is 2. The lowest BCUT2D eigenvalue weighted by atomic mass is 9.85. The first kappa shape index (κ1) is 18.1. The van der Waals surface area contributed by atoms with Crippen LogP contribution in [-0.2, 0) is 19.1 Å². The summed E-state index contributed by atoms with van der Waals surface area (Å²) < 4.78 is 11.0. The van der Waals surface area contributed by atoms with Gasteiger partial charge in [0.1, 0.15) is 18.8 Å². The van der Waals surface area contributed by atoms with Crippen LogP contribution in [0.25, 0.3) is 0 Å². The summed E-state index contributed by atoms with van der Waals surface area (Å²) in [6, 6.07) is -0.299. The lowest BCUT2D eigenvalue weighted by Gasteiger charge is -2.31. The predicted octanol–water partition coefficient (Wildman–Crippen LogP) is 0.164. The largest absolute Gasteiger partial charge is 0.459 e. The van der Waals surface area contributed by atoms with Gasteiger partial charge in [-0.25, -0.2) is 9.59 Å². The second-order valence-corrected chi connectivity index (χ2v) is 7.26. The molecular weight excluding hydrogens is 326 g/mol. The maximum Gasteiger partial charge on any atom is 0.338 e. The maximum absolute atomic E-state index is 12.6. The highest BCUT2D eigenvalue weighted by atomic mass is 16.6. The molecule has 3 rings (SSSR count). The predicted molar refractivity (Wildman–Crippen MR) is 88.5 cm³/mol. The number of aliphatic hydroxyl groups is 2. The normalized spacial score (nSPS) is 41.5. The van der Waals surface area contributed by atoms with E-state index < -0.39 is 35.7 Å². The molecule has 7 heteroatoms. The van der Waals surface area contributed by atoms with Crippen LogP contribution >= 0.6 is 0 Å². The van der Waals surface area contributed by atoms with Gasteiger partial charge in [-0.15, -0.1) is 0 Å². The van der Waals surface area contributed by atoms with E-state index in [1.54, 1.807) is 19.9 Å². The van der Waals surface area contributed by atoms with Gasteiger partial charge in [-0.1, -0.05) is 19.1 Å². The third kappa shape index (κ3) is 3.12. The molecule has 0 unspecified atom stereocenters. The van der Waals surface area contributed by atoms with Gasteiger partial charge in [0, 0.05) is 18.7 Å². The van der Waals surface area contributed by atoms with Gasteiger partial charge in [-0.3, -0.25) is 4.90 Å². The summed E-state index contributed by atoms with van der Waals surface area (Å²) >= 11 is 0. The van der Waals surface area contributed by atoms with E-state index in [0.717, 1.165) is 5.57 Å². The van der Waals surface area contributed by atoms with Crippen LogP contribution < -0.4 is 0 Å². The van der Waals surface area contributed by atoms with Crippen LogP contribution in [0.15, 0.2) is 23.3 Å². The van der Waals surface area contributed by atoms with E-state index in [1.807, 2.05) is 11.0 Å². The van der Waals surface area contributed by atoms with Gasteiger partial charge in [0.25, 0.3) is 0 Å². The quantitative estimate of drug-likeness (QED) is 0.365. The van der Waals surface area contributed by atoms with Crippen LogP contribution in [0.4, 0.5) is 0 Å². The van der Waals surface area contributed by atoms with Crippen LogP contribution in [0, 0.1) is 5.92 Å². The number of cyclic esters (lactones) is 1. The van der Waals surface area contributed by atoms with E-state index in [-0.39, 0.29) is 19.1 Å². The molecule has 0 amide bonds. The molecule has 0 aromatic carbocycles. The summed E-state index contributed by atoms with van der Waals surface area (Å²) in [6.45, 7) is 5.82. The highest BCUT2D eigenvalue weighted by Crippen LogP contribution is 2.34. The van der Waals surface area contributed by atoms with Crippen molar-refractivity contribution in [3.05, 3.63) is 23.3 Å². The Kier molecular flexibility index (Phi) is 4.74. The number of carbonyl (C=O) groups is 2. The summed E-state index contributed by atoms with van der Waals surface area (Å²) in [6.07, 6.45) is 2.25. The van der Waals surface area contributed by atoms with E-state index in [4.69, 9.17) is 9.47 Å². The average Bonchev–Trinajstić information content (AvgIpc) is 3.08. The van der Waals surface area contributed by atoms with Crippen molar-refractivity contribution in [1.29, 1.82) is 0 Å². The number of aliphatic hydroxyl groups excluding tert-OH is 1. The van der Waals surface area contributed by atoms with Gasteiger partial charge in [0.05, 0.1) is 6.04 Å². The average molecular weight is 351 g/mol. The first-order chi connectivity index (χ1) is 11.8. The molecule has 2 fully saturated rings. The molecule has 0 spiro atoms. The second-order valence-electron chi connectivity index (χ2n) is 7.26. The third-order valence-electron chi connectivity index (χ3n) is 5.60. The number of nitrogens with zero attached hydrogens (tertiary/aromatic N) is 1. The minimum Gasteiger partial charge on any atom is -0.459 e. The van der Waals surface area contributed by atoms with E-state index in [1.165, 1.54) is 6.92 Å². The zero-order chi connectivity index (χ0) is 18.4. The highest BCUT2D eigenvalue weighted by molar-refractivity contribution is 5.89. The van der Waals surface area contributed by atoms with Crippen molar-refractivity contribution in [3.8, 4) is 0 Å². The molecule has 5 atom stereocenters. The molecule has 0 saturated carbocycles. The Balaban J connectivity index is 1.94. The maximum atomic E-state index is 12.6. The van der Waals surface area contributed by atoms with E-state index in [9.17, 15) is 19.8 Å². The summed E-state index contributed by atoms with van der Waals surface area (Å²) in [7, 11) is 0. The van der Waals surface area contributed by atoms with Crippen LogP contribution in [0.3, 0.4) is 0 Å². The fraction of sp³-hybridized carbons (Fsp3) is 0.667. The van der Waals surface area contributed by atoms with Crippen molar-refractivity contribution in [3.63, 3.8) is 0 Å². The Labute approximate surface area is 146 Å². The first-order valence-electron chi connectivity index (χ1n) is 8.62. The minimum absolute atomic E-state index is 0.0140. The van der Waals surface area contributed by atoms with Crippen molar-refractivity contribution in [1.82, 2.24) is 4.90 Å².